The predicted molar refractivity (Wildman–Crippen MR) is 81.4 cm³/mol. The number of hydrogen-bond acceptors (Lipinski definition) is 5. The van der Waals surface area contributed by atoms with Crippen LogP contribution in [0.2, 0.25) is 0 Å². The highest BCUT2D eigenvalue weighted by Gasteiger charge is 2.13. The summed E-state index contributed by atoms with van der Waals surface area (Å²) in [5, 5.41) is 5.58. The highest BCUT2D eigenvalue weighted by atomic mass is 32.1. The number of nitrogens with two attached hydrogens (primary N) is 1. The first-order valence-corrected chi connectivity index (χ1v) is 7.54. The number of aryl methyl sites for hydroxylation is 1. The van der Waals surface area contributed by atoms with Crippen molar-refractivity contribution in [3.8, 4) is 0 Å². The van der Waals surface area contributed by atoms with E-state index in [1.165, 1.54) is 4.88 Å². The van der Waals surface area contributed by atoms with Gasteiger partial charge in [0, 0.05) is 17.4 Å². The zero-order valence-corrected chi connectivity index (χ0v) is 12.2. The van der Waals surface area contributed by atoms with E-state index in [4.69, 9.17) is 5.73 Å². The zero-order valence-electron chi connectivity index (χ0n) is 11.4. The van der Waals surface area contributed by atoms with Gasteiger partial charge in [-0.05, 0) is 17.9 Å². The zero-order chi connectivity index (χ0) is 13.7. The van der Waals surface area contributed by atoms with Crippen molar-refractivity contribution in [3.05, 3.63) is 34.3 Å². The van der Waals surface area contributed by atoms with Crippen LogP contribution in [0, 0.1) is 0 Å². The molecule has 5 heteroatoms. The van der Waals surface area contributed by atoms with Crippen molar-refractivity contribution < 1.29 is 0 Å². The van der Waals surface area contributed by atoms with Crippen LogP contribution in [0.25, 0.3) is 0 Å². The molecule has 0 spiro atoms. The molecular formula is C14H20N4S. The van der Waals surface area contributed by atoms with E-state index in [0.29, 0.717) is 11.9 Å². The molecule has 2 heterocycles. The van der Waals surface area contributed by atoms with Gasteiger partial charge in [0.05, 0.1) is 6.04 Å². The van der Waals surface area contributed by atoms with Crippen LogP contribution < -0.4 is 11.1 Å². The number of thiophene rings is 1. The Morgan fingerprint density at radius 3 is 2.84 bits per heavy atom. The Balaban J connectivity index is 2.19. The van der Waals surface area contributed by atoms with E-state index in [0.717, 1.165) is 30.9 Å². The molecule has 1 unspecified atom stereocenters. The first-order valence-electron chi connectivity index (χ1n) is 6.66. The molecule has 1 atom stereocenters. The van der Waals surface area contributed by atoms with E-state index in [2.05, 4.69) is 39.7 Å². The third-order valence-corrected chi connectivity index (χ3v) is 3.88. The van der Waals surface area contributed by atoms with Gasteiger partial charge in [0.1, 0.15) is 17.5 Å². The lowest BCUT2D eigenvalue weighted by atomic mass is 10.1. The molecule has 0 saturated heterocycles. The Morgan fingerprint density at radius 2 is 2.21 bits per heavy atom. The second-order valence-electron chi connectivity index (χ2n) is 4.45. The molecule has 0 amide bonds. The summed E-state index contributed by atoms with van der Waals surface area (Å²) >= 11 is 1.77. The summed E-state index contributed by atoms with van der Waals surface area (Å²) in [6.45, 7) is 4.22. The minimum Gasteiger partial charge on any atom is -0.384 e. The molecule has 0 aliphatic heterocycles. The van der Waals surface area contributed by atoms with Gasteiger partial charge in [-0.25, -0.2) is 9.97 Å². The Hall–Kier alpha value is -1.62. The Morgan fingerprint density at radius 1 is 1.37 bits per heavy atom. The van der Waals surface area contributed by atoms with Gasteiger partial charge in [0.2, 0.25) is 0 Å². The number of hydrogen-bond donors (Lipinski definition) is 2. The van der Waals surface area contributed by atoms with Crippen molar-refractivity contribution in [2.24, 2.45) is 0 Å². The number of nitrogen functional groups attached to an aromatic ring is 1. The fraction of sp³-hybridized carbons (Fsp3) is 0.429. The van der Waals surface area contributed by atoms with Crippen LogP contribution in [0.5, 0.6) is 0 Å². The van der Waals surface area contributed by atoms with E-state index in [1.807, 2.05) is 6.92 Å². The van der Waals surface area contributed by atoms with E-state index >= 15 is 0 Å². The Kier molecular flexibility index (Phi) is 4.74. The molecule has 0 radical (unpaired) electrons. The number of anilines is 2. The van der Waals surface area contributed by atoms with Crippen molar-refractivity contribution in [3.63, 3.8) is 0 Å². The average molecular weight is 276 g/mol. The third-order valence-electron chi connectivity index (χ3n) is 2.89. The first-order chi connectivity index (χ1) is 9.22. The molecule has 0 aromatic carbocycles. The van der Waals surface area contributed by atoms with Gasteiger partial charge in [0.15, 0.2) is 0 Å². The number of nitrogens with zero attached hydrogens (tertiary/aromatic N) is 2. The highest BCUT2D eigenvalue weighted by Crippen LogP contribution is 2.27. The molecule has 19 heavy (non-hydrogen) atoms. The lowest BCUT2D eigenvalue weighted by molar-refractivity contribution is 0.683. The van der Waals surface area contributed by atoms with Crippen LogP contribution in [-0.2, 0) is 6.42 Å². The maximum absolute atomic E-state index is 5.81. The fourth-order valence-electron chi connectivity index (χ4n) is 1.99. The van der Waals surface area contributed by atoms with Gasteiger partial charge < -0.3 is 11.1 Å². The van der Waals surface area contributed by atoms with Crippen molar-refractivity contribution in [2.45, 2.75) is 39.2 Å². The highest BCUT2D eigenvalue weighted by molar-refractivity contribution is 7.10. The molecule has 4 nitrogen and oxygen atoms in total. The lowest BCUT2D eigenvalue weighted by Crippen LogP contribution is -2.12. The van der Waals surface area contributed by atoms with Crippen molar-refractivity contribution in [2.75, 3.05) is 11.1 Å². The van der Waals surface area contributed by atoms with Crippen molar-refractivity contribution in [1.29, 1.82) is 0 Å². The van der Waals surface area contributed by atoms with Gasteiger partial charge in [0.25, 0.3) is 0 Å². The summed E-state index contributed by atoms with van der Waals surface area (Å²) in [4.78, 5) is 10.0. The second-order valence-corrected chi connectivity index (χ2v) is 5.43. The van der Waals surface area contributed by atoms with E-state index in [1.54, 1.807) is 17.4 Å². The smallest absolute Gasteiger partial charge is 0.132 e. The Labute approximate surface area is 118 Å². The topological polar surface area (TPSA) is 63.8 Å². The molecule has 102 valence electrons. The summed E-state index contributed by atoms with van der Waals surface area (Å²) in [6.07, 6.45) is 2.99. The van der Waals surface area contributed by atoms with Crippen LogP contribution in [0.15, 0.2) is 23.6 Å². The molecule has 2 aromatic rings. The summed E-state index contributed by atoms with van der Waals surface area (Å²) in [7, 11) is 0. The molecule has 0 aliphatic rings. The lowest BCUT2D eigenvalue weighted by Gasteiger charge is -2.18. The minimum absolute atomic E-state index is 0.295. The number of aromatic nitrogens is 2. The molecular weight excluding hydrogens is 256 g/mol. The third kappa shape index (κ3) is 3.67. The number of nitrogens with one attached hydrogen (secondary N) is 1. The maximum Gasteiger partial charge on any atom is 0.132 e. The van der Waals surface area contributed by atoms with Crippen LogP contribution in [-0.4, -0.2) is 9.97 Å². The van der Waals surface area contributed by atoms with Crippen LogP contribution in [0.4, 0.5) is 11.6 Å². The normalized spacial score (nSPS) is 12.3. The summed E-state index contributed by atoms with van der Waals surface area (Å²) in [5.41, 5.74) is 5.81. The Bertz CT molecular complexity index is 510. The average Bonchev–Trinajstić information content (AvgIpc) is 2.91. The molecule has 2 rings (SSSR count). The minimum atomic E-state index is 0.295. The van der Waals surface area contributed by atoms with Crippen LogP contribution in [0.3, 0.4) is 0 Å². The summed E-state index contributed by atoms with van der Waals surface area (Å²) in [6, 6.07) is 6.33. The molecule has 3 N–H and O–H groups in total. The molecule has 0 bridgehead atoms. The molecule has 2 aromatic heterocycles. The van der Waals surface area contributed by atoms with Crippen molar-refractivity contribution >= 4 is 23.0 Å². The van der Waals surface area contributed by atoms with E-state index in [9.17, 15) is 0 Å². The number of rotatable bonds is 6. The standard InChI is InChI=1S/C14H20N4S/c1-3-6-10(11-7-5-8-19-11)16-14-9-12(15)17-13(4-2)18-14/h5,7-10H,3-4,6H2,1-2H3,(H3,15,16,17,18). The van der Waals surface area contributed by atoms with Crippen LogP contribution in [0.1, 0.15) is 43.4 Å². The maximum atomic E-state index is 5.81. The molecule has 0 aliphatic carbocycles. The van der Waals surface area contributed by atoms with E-state index < -0.39 is 0 Å². The quantitative estimate of drug-likeness (QED) is 0.845. The van der Waals surface area contributed by atoms with Gasteiger partial charge in [-0.2, -0.15) is 0 Å². The first kappa shape index (κ1) is 13.8. The summed E-state index contributed by atoms with van der Waals surface area (Å²) < 4.78 is 0. The molecule has 0 fully saturated rings. The largest absolute Gasteiger partial charge is 0.384 e. The van der Waals surface area contributed by atoms with Gasteiger partial charge in [-0.3, -0.25) is 0 Å². The molecule has 0 saturated carbocycles. The van der Waals surface area contributed by atoms with Gasteiger partial charge >= 0.3 is 0 Å². The van der Waals surface area contributed by atoms with Crippen LogP contribution >= 0.6 is 11.3 Å². The van der Waals surface area contributed by atoms with Crippen molar-refractivity contribution in [1.82, 2.24) is 9.97 Å². The SMILES string of the molecule is CCCC(Nc1cc(N)nc(CC)n1)c1cccs1. The summed E-state index contributed by atoms with van der Waals surface area (Å²) in [5.74, 6) is 2.12. The predicted octanol–water partition coefficient (Wildman–Crippen LogP) is 3.64. The van der Waals surface area contributed by atoms with E-state index in [-0.39, 0.29) is 0 Å². The monoisotopic (exact) mass is 276 g/mol. The van der Waals surface area contributed by atoms with Gasteiger partial charge in [-0.15, -0.1) is 11.3 Å². The second kappa shape index (κ2) is 6.52. The fourth-order valence-corrected chi connectivity index (χ4v) is 2.80. The van der Waals surface area contributed by atoms with Gasteiger partial charge in [-0.1, -0.05) is 26.3 Å².